The summed E-state index contributed by atoms with van der Waals surface area (Å²) < 4.78 is 28.6. The van der Waals surface area contributed by atoms with Crippen LogP contribution in [-0.2, 0) is 16.3 Å². The highest BCUT2D eigenvalue weighted by atomic mass is 127. The van der Waals surface area contributed by atoms with Crippen LogP contribution in [-0.4, -0.2) is 40.8 Å². The number of aliphatic imine (C=N–C) groups is 1. The molecule has 2 rings (SSSR count). The average molecular weight is 545 g/mol. The molecule has 1 atom stereocenters. The Morgan fingerprint density at radius 2 is 1.83 bits per heavy atom. The molecule has 0 spiro atoms. The van der Waals surface area contributed by atoms with Crippen LogP contribution < -0.4 is 15.4 Å². The molecule has 1 unspecified atom stereocenters. The first-order valence-electron chi connectivity index (χ1n) is 9.73. The van der Waals surface area contributed by atoms with Gasteiger partial charge in [-0.3, -0.25) is 4.99 Å². The Balaban J connectivity index is 0.00000450. The maximum Gasteiger partial charge on any atom is 0.191 e. The summed E-state index contributed by atoms with van der Waals surface area (Å²) >= 11 is 0. The van der Waals surface area contributed by atoms with E-state index in [0.717, 1.165) is 35.8 Å². The molecule has 0 aliphatic heterocycles. The number of nitrogens with zero attached hydrogens (tertiary/aromatic N) is 1. The van der Waals surface area contributed by atoms with Gasteiger partial charge in [-0.2, -0.15) is 0 Å². The number of aryl methyl sites for hydroxylation is 1. The van der Waals surface area contributed by atoms with Crippen LogP contribution in [0.5, 0.6) is 5.75 Å². The first kappa shape index (κ1) is 26.2. The first-order valence-corrected chi connectivity index (χ1v) is 11.6. The molecule has 0 saturated carbocycles. The van der Waals surface area contributed by atoms with Crippen LogP contribution >= 0.6 is 24.0 Å². The Hall–Kier alpha value is -1.81. The standard InChI is InChI=1S/C22H31N3O3S.HI/c1-6-23-22(25-17(3)20-15-16(2)7-12-21(20)28-4)24-14-13-18-8-10-19(11-9-18)29(5,26)27;/h7-12,15,17H,6,13-14H2,1-5H3,(H2,23,24,25);1H. The van der Waals surface area contributed by atoms with Gasteiger partial charge in [0.05, 0.1) is 18.0 Å². The highest BCUT2D eigenvalue weighted by molar-refractivity contribution is 14.0. The number of hydrogen-bond donors (Lipinski definition) is 2. The molecule has 0 aliphatic rings. The maximum absolute atomic E-state index is 11.6. The zero-order valence-corrected chi connectivity index (χ0v) is 21.4. The van der Waals surface area contributed by atoms with Gasteiger partial charge in [0.15, 0.2) is 15.8 Å². The average Bonchev–Trinajstić information content (AvgIpc) is 2.67. The van der Waals surface area contributed by atoms with Gasteiger partial charge in [-0.05, 0) is 51.0 Å². The number of methoxy groups -OCH3 is 1. The molecule has 2 N–H and O–H groups in total. The molecule has 0 aliphatic carbocycles. The van der Waals surface area contributed by atoms with Crippen LogP contribution in [0.3, 0.4) is 0 Å². The van der Waals surface area contributed by atoms with Gasteiger partial charge in [0.2, 0.25) is 0 Å². The second-order valence-electron chi connectivity index (χ2n) is 7.04. The molecule has 0 aromatic heterocycles. The number of guanidine groups is 1. The maximum atomic E-state index is 11.6. The molecule has 8 heteroatoms. The van der Waals surface area contributed by atoms with E-state index in [1.807, 2.05) is 31.2 Å². The van der Waals surface area contributed by atoms with E-state index in [1.54, 1.807) is 19.2 Å². The molecule has 0 fully saturated rings. The molecule has 166 valence electrons. The Kier molecular flexibility index (Phi) is 10.6. The number of ether oxygens (including phenoxy) is 1. The molecular weight excluding hydrogens is 513 g/mol. The van der Waals surface area contributed by atoms with Crippen molar-refractivity contribution in [2.75, 3.05) is 26.5 Å². The molecule has 0 bridgehead atoms. The van der Waals surface area contributed by atoms with Gasteiger partial charge in [-0.15, -0.1) is 24.0 Å². The monoisotopic (exact) mass is 545 g/mol. The zero-order chi connectivity index (χ0) is 21.4. The van der Waals surface area contributed by atoms with Gasteiger partial charge < -0.3 is 15.4 Å². The normalized spacial score (nSPS) is 12.6. The lowest BCUT2D eigenvalue weighted by molar-refractivity contribution is 0.405. The van der Waals surface area contributed by atoms with Crippen LogP contribution in [0.4, 0.5) is 0 Å². The van der Waals surface area contributed by atoms with E-state index in [1.165, 1.54) is 11.8 Å². The fourth-order valence-corrected chi connectivity index (χ4v) is 3.63. The second kappa shape index (κ2) is 12.1. The zero-order valence-electron chi connectivity index (χ0n) is 18.2. The van der Waals surface area contributed by atoms with Crippen molar-refractivity contribution in [2.45, 2.75) is 38.1 Å². The lowest BCUT2D eigenvalue weighted by atomic mass is 10.0. The summed E-state index contributed by atoms with van der Waals surface area (Å²) in [6.45, 7) is 7.51. The van der Waals surface area contributed by atoms with Crippen LogP contribution in [0.25, 0.3) is 0 Å². The molecule has 2 aromatic rings. The summed E-state index contributed by atoms with van der Waals surface area (Å²) in [4.78, 5) is 4.99. The minimum Gasteiger partial charge on any atom is -0.496 e. The van der Waals surface area contributed by atoms with Crippen molar-refractivity contribution in [2.24, 2.45) is 4.99 Å². The Labute approximate surface area is 197 Å². The van der Waals surface area contributed by atoms with Crippen LogP contribution in [0.15, 0.2) is 52.4 Å². The van der Waals surface area contributed by atoms with Crippen molar-refractivity contribution in [3.63, 3.8) is 0 Å². The van der Waals surface area contributed by atoms with Gasteiger partial charge in [0.25, 0.3) is 0 Å². The fourth-order valence-electron chi connectivity index (χ4n) is 3.00. The third-order valence-corrected chi connectivity index (χ3v) is 5.70. The summed E-state index contributed by atoms with van der Waals surface area (Å²) in [6.07, 6.45) is 1.94. The van der Waals surface area contributed by atoms with E-state index in [4.69, 9.17) is 4.74 Å². The van der Waals surface area contributed by atoms with E-state index < -0.39 is 9.84 Å². The minimum atomic E-state index is -3.17. The number of nitrogens with one attached hydrogen (secondary N) is 2. The van der Waals surface area contributed by atoms with Gasteiger partial charge in [-0.1, -0.05) is 29.8 Å². The van der Waals surface area contributed by atoms with Crippen molar-refractivity contribution in [3.05, 3.63) is 59.2 Å². The number of halogens is 1. The van der Waals surface area contributed by atoms with Crippen molar-refractivity contribution < 1.29 is 13.2 Å². The first-order chi connectivity index (χ1) is 13.7. The van der Waals surface area contributed by atoms with Crippen LogP contribution in [0, 0.1) is 6.92 Å². The molecule has 0 radical (unpaired) electrons. The van der Waals surface area contributed by atoms with E-state index in [2.05, 4.69) is 35.5 Å². The summed E-state index contributed by atoms with van der Waals surface area (Å²) in [5.74, 6) is 1.58. The highest BCUT2D eigenvalue weighted by Crippen LogP contribution is 2.25. The van der Waals surface area contributed by atoms with E-state index in [9.17, 15) is 8.42 Å². The van der Waals surface area contributed by atoms with Crippen molar-refractivity contribution in [1.82, 2.24) is 10.6 Å². The molecule has 30 heavy (non-hydrogen) atoms. The van der Waals surface area contributed by atoms with Crippen molar-refractivity contribution in [3.8, 4) is 5.75 Å². The molecule has 0 amide bonds. The SMILES string of the molecule is CCNC(=NCCc1ccc(S(C)(=O)=O)cc1)NC(C)c1cc(C)ccc1OC.I. The van der Waals surface area contributed by atoms with E-state index in [0.29, 0.717) is 11.4 Å². The van der Waals surface area contributed by atoms with Crippen molar-refractivity contribution in [1.29, 1.82) is 0 Å². The van der Waals surface area contributed by atoms with Gasteiger partial charge in [-0.25, -0.2) is 8.42 Å². The molecular formula is C22H32IN3O3S. The summed E-state index contributed by atoms with van der Waals surface area (Å²) in [5, 5.41) is 6.70. The summed E-state index contributed by atoms with van der Waals surface area (Å²) in [6, 6.07) is 13.1. The summed E-state index contributed by atoms with van der Waals surface area (Å²) in [7, 11) is -1.49. The van der Waals surface area contributed by atoms with Gasteiger partial charge in [0.1, 0.15) is 5.75 Å². The number of sulfone groups is 1. The Bertz CT molecular complexity index is 945. The Morgan fingerprint density at radius 3 is 2.40 bits per heavy atom. The van der Waals surface area contributed by atoms with Gasteiger partial charge in [0, 0.05) is 24.9 Å². The predicted octanol–water partition coefficient (Wildman–Crippen LogP) is 3.88. The second-order valence-corrected chi connectivity index (χ2v) is 9.05. The third kappa shape index (κ3) is 7.79. The fraction of sp³-hybridized carbons (Fsp3) is 0.409. The lowest BCUT2D eigenvalue weighted by Gasteiger charge is -2.20. The number of benzene rings is 2. The Morgan fingerprint density at radius 1 is 1.17 bits per heavy atom. The third-order valence-electron chi connectivity index (χ3n) is 4.57. The molecule has 0 saturated heterocycles. The van der Waals surface area contributed by atoms with E-state index in [-0.39, 0.29) is 30.0 Å². The molecule has 0 heterocycles. The van der Waals surface area contributed by atoms with Crippen LogP contribution in [0.1, 0.15) is 36.6 Å². The molecule has 2 aromatic carbocycles. The molecule has 6 nitrogen and oxygen atoms in total. The van der Waals surface area contributed by atoms with Crippen LogP contribution in [0.2, 0.25) is 0 Å². The van der Waals surface area contributed by atoms with Gasteiger partial charge >= 0.3 is 0 Å². The van der Waals surface area contributed by atoms with E-state index >= 15 is 0 Å². The largest absolute Gasteiger partial charge is 0.496 e. The smallest absolute Gasteiger partial charge is 0.191 e. The quantitative estimate of drug-likeness (QED) is 0.299. The predicted molar refractivity (Wildman–Crippen MR) is 134 cm³/mol. The minimum absolute atomic E-state index is 0. The van der Waals surface area contributed by atoms with Crippen molar-refractivity contribution >= 4 is 39.8 Å². The number of rotatable bonds is 8. The summed E-state index contributed by atoms with van der Waals surface area (Å²) in [5.41, 5.74) is 3.30. The number of hydrogen-bond acceptors (Lipinski definition) is 4. The highest BCUT2D eigenvalue weighted by Gasteiger charge is 2.13. The lowest BCUT2D eigenvalue weighted by Crippen LogP contribution is -2.39. The topological polar surface area (TPSA) is 79.8 Å².